The highest BCUT2D eigenvalue weighted by Crippen LogP contribution is 2.28. The largest absolute Gasteiger partial charge is 0.480 e. The number of hydrogen-bond acceptors (Lipinski definition) is 8. The SMILES string of the molecule is C[C@@H](C(=O)NCCC(=O)NCCSC(CC(=O)OCC[N+](C)(C)C)C(=O)O)C(C)(C)COC(C)(C)O. The van der Waals surface area contributed by atoms with Crippen LogP contribution in [-0.2, 0) is 28.7 Å². The van der Waals surface area contributed by atoms with Crippen LogP contribution < -0.4 is 10.6 Å². The molecule has 0 heterocycles. The Morgan fingerprint density at radius 2 is 1.64 bits per heavy atom. The summed E-state index contributed by atoms with van der Waals surface area (Å²) in [6.07, 6.45) is -0.169. The van der Waals surface area contributed by atoms with Gasteiger partial charge in [0.2, 0.25) is 11.8 Å². The van der Waals surface area contributed by atoms with Crippen molar-refractivity contribution in [2.24, 2.45) is 11.3 Å². The van der Waals surface area contributed by atoms with Gasteiger partial charge >= 0.3 is 11.9 Å². The highest BCUT2D eigenvalue weighted by atomic mass is 32.2. The van der Waals surface area contributed by atoms with Crippen LogP contribution in [0, 0.1) is 11.3 Å². The smallest absolute Gasteiger partial charge is 0.317 e. The van der Waals surface area contributed by atoms with Gasteiger partial charge in [-0.25, -0.2) is 0 Å². The zero-order chi connectivity index (χ0) is 28.2. The number of aliphatic hydroxyl groups is 1. The molecule has 0 radical (unpaired) electrons. The Bertz CT molecular complexity index is 732. The van der Waals surface area contributed by atoms with Gasteiger partial charge < -0.3 is 34.8 Å². The van der Waals surface area contributed by atoms with Crippen molar-refractivity contribution in [1.29, 1.82) is 0 Å². The molecule has 0 aliphatic heterocycles. The minimum atomic E-state index is -1.29. The Hall–Kier alpha value is -1.89. The normalized spacial score (nSPS) is 14.0. The molecule has 0 saturated heterocycles. The van der Waals surface area contributed by atoms with Crippen LogP contribution in [0.5, 0.6) is 0 Å². The molecular formula is C24H46N3O8S+. The van der Waals surface area contributed by atoms with Gasteiger partial charge in [-0.05, 0) is 19.3 Å². The minimum absolute atomic E-state index is 0.0741. The Morgan fingerprint density at radius 3 is 2.17 bits per heavy atom. The second-order valence-corrected chi connectivity index (χ2v) is 12.3. The quantitative estimate of drug-likeness (QED) is 0.0864. The molecular weight excluding hydrogens is 490 g/mol. The molecule has 11 nitrogen and oxygen atoms in total. The van der Waals surface area contributed by atoms with Crippen molar-refractivity contribution in [3.8, 4) is 0 Å². The number of quaternary nitrogens is 1. The highest BCUT2D eigenvalue weighted by molar-refractivity contribution is 8.00. The fourth-order valence-electron chi connectivity index (χ4n) is 2.64. The van der Waals surface area contributed by atoms with Crippen LogP contribution >= 0.6 is 11.8 Å². The molecule has 210 valence electrons. The highest BCUT2D eigenvalue weighted by Gasteiger charge is 2.33. The van der Waals surface area contributed by atoms with Gasteiger partial charge in [-0.3, -0.25) is 19.2 Å². The molecule has 0 aromatic heterocycles. The average Bonchev–Trinajstić information content (AvgIpc) is 2.72. The lowest BCUT2D eigenvalue weighted by atomic mass is 9.80. The zero-order valence-electron chi connectivity index (χ0n) is 23.0. The number of hydrogen-bond donors (Lipinski definition) is 4. The number of amides is 2. The number of rotatable bonds is 18. The van der Waals surface area contributed by atoms with Crippen LogP contribution in [0.1, 0.15) is 47.5 Å². The maximum atomic E-state index is 12.4. The van der Waals surface area contributed by atoms with Crippen molar-refractivity contribution in [1.82, 2.24) is 10.6 Å². The number of carboxylic acids is 1. The number of ether oxygens (including phenoxy) is 2. The van der Waals surface area contributed by atoms with Crippen LogP contribution in [0.4, 0.5) is 0 Å². The molecule has 0 aromatic rings. The van der Waals surface area contributed by atoms with E-state index < -0.39 is 34.3 Å². The second kappa shape index (κ2) is 15.4. The lowest BCUT2D eigenvalue weighted by Crippen LogP contribution is -2.42. The van der Waals surface area contributed by atoms with E-state index in [0.717, 1.165) is 11.8 Å². The minimum Gasteiger partial charge on any atom is -0.480 e. The summed E-state index contributed by atoms with van der Waals surface area (Å²) in [6, 6.07) is 0. The predicted octanol–water partition coefficient (Wildman–Crippen LogP) is 0.842. The molecule has 0 aromatic carbocycles. The molecule has 12 heteroatoms. The van der Waals surface area contributed by atoms with Crippen molar-refractivity contribution in [3.05, 3.63) is 0 Å². The topological polar surface area (TPSA) is 151 Å². The van der Waals surface area contributed by atoms with E-state index in [2.05, 4.69) is 10.6 Å². The molecule has 0 saturated carbocycles. The van der Waals surface area contributed by atoms with Crippen molar-refractivity contribution >= 4 is 35.5 Å². The summed E-state index contributed by atoms with van der Waals surface area (Å²) < 4.78 is 11.1. The molecule has 4 N–H and O–H groups in total. The van der Waals surface area contributed by atoms with Gasteiger partial charge in [0.25, 0.3) is 0 Å². The molecule has 36 heavy (non-hydrogen) atoms. The first-order valence-electron chi connectivity index (χ1n) is 12.1. The van der Waals surface area contributed by atoms with Crippen LogP contribution in [0.2, 0.25) is 0 Å². The standard InChI is InChI=1S/C24H45N3O8S/c1-17(23(2,3)16-35-24(4,5)33)21(30)26-10-9-19(28)25-11-14-36-18(22(31)32)15-20(29)34-13-12-27(6,7)8/h17-18,33H,9-16H2,1-8H3,(H2-,25,26,28,30,31,32)/p+1/t17-,18?/m0/s1. The Morgan fingerprint density at radius 1 is 1.03 bits per heavy atom. The number of nitrogens with zero attached hydrogens (tertiary/aromatic N) is 1. The number of thioether (sulfide) groups is 1. The average molecular weight is 537 g/mol. The van der Waals surface area contributed by atoms with Gasteiger partial charge in [0.15, 0.2) is 5.79 Å². The predicted molar refractivity (Wildman–Crippen MR) is 138 cm³/mol. The van der Waals surface area contributed by atoms with Crippen molar-refractivity contribution < 1.29 is 43.3 Å². The van der Waals surface area contributed by atoms with Crippen molar-refractivity contribution in [3.63, 3.8) is 0 Å². The van der Waals surface area contributed by atoms with Gasteiger partial charge in [0.1, 0.15) is 18.4 Å². The summed E-state index contributed by atoms with van der Waals surface area (Å²) in [6.45, 7) is 9.95. The van der Waals surface area contributed by atoms with E-state index in [0.29, 0.717) is 16.8 Å². The molecule has 0 rings (SSSR count). The van der Waals surface area contributed by atoms with Crippen LogP contribution in [0.25, 0.3) is 0 Å². The summed E-state index contributed by atoms with van der Waals surface area (Å²) in [5.41, 5.74) is -0.525. The summed E-state index contributed by atoms with van der Waals surface area (Å²) in [5, 5.41) is 23.5. The van der Waals surface area contributed by atoms with Crippen molar-refractivity contribution in [2.75, 3.05) is 59.7 Å². The molecule has 0 bridgehead atoms. The van der Waals surface area contributed by atoms with Crippen LogP contribution in [0.3, 0.4) is 0 Å². The first-order chi connectivity index (χ1) is 16.3. The molecule has 2 amide bonds. The number of likely N-dealkylation sites (N-methyl/N-ethyl adjacent to an activating group) is 1. The van der Waals surface area contributed by atoms with E-state index in [9.17, 15) is 29.4 Å². The maximum Gasteiger partial charge on any atom is 0.317 e. The van der Waals surface area contributed by atoms with E-state index in [-0.39, 0.29) is 51.0 Å². The Labute approximate surface area is 219 Å². The molecule has 0 spiro atoms. The maximum absolute atomic E-state index is 12.4. The fourth-order valence-corrected chi connectivity index (χ4v) is 3.54. The molecule has 1 unspecified atom stereocenters. The number of carbonyl (C=O) groups is 4. The summed E-state index contributed by atoms with van der Waals surface area (Å²) in [5.74, 6) is -3.56. The summed E-state index contributed by atoms with van der Waals surface area (Å²) in [4.78, 5) is 47.8. The Kier molecular flexibility index (Phi) is 14.6. The zero-order valence-corrected chi connectivity index (χ0v) is 23.8. The van der Waals surface area contributed by atoms with E-state index in [1.165, 1.54) is 13.8 Å². The lowest BCUT2D eigenvalue weighted by molar-refractivity contribution is -0.870. The number of nitrogens with one attached hydrogen (secondary N) is 2. The summed E-state index contributed by atoms with van der Waals surface area (Å²) >= 11 is 1.06. The van der Waals surface area contributed by atoms with Gasteiger partial charge in [0, 0.05) is 31.2 Å². The van der Waals surface area contributed by atoms with Crippen LogP contribution in [0.15, 0.2) is 0 Å². The molecule has 2 atom stereocenters. The number of esters is 1. The van der Waals surface area contributed by atoms with E-state index in [1.807, 2.05) is 35.0 Å². The molecule has 0 aliphatic rings. The van der Waals surface area contributed by atoms with Gasteiger partial charge in [-0.15, -0.1) is 11.8 Å². The van der Waals surface area contributed by atoms with E-state index in [1.54, 1.807) is 6.92 Å². The van der Waals surface area contributed by atoms with Gasteiger partial charge in [-0.1, -0.05) is 20.8 Å². The van der Waals surface area contributed by atoms with Gasteiger partial charge in [-0.2, -0.15) is 0 Å². The first-order valence-corrected chi connectivity index (χ1v) is 13.1. The van der Waals surface area contributed by atoms with Gasteiger partial charge in [0.05, 0.1) is 34.2 Å². The number of carboxylic acid groups (broad SMARTS) is 1. The first kappa shape index (κ1) is 34.1. The molecule has 0 fully saturated rings. The lowest BCUT2D eigenvalue weighted by Gasteiger charge is -2.33. The van der Waals surface area contributed by atoms with Crippen molar-refractivity contribution in [2.45, 2.75) is 58.5 Å². The third-order valence-electron chi connectivity index (χ3n) is 5.41. The van der Waals surface area contributed by atoms with Crippen LogP contribution in [-0.4, -0.2) is 109 Å². The third-order valence-corrected chi connectivity index (χ3v) is 6.62. The molecule has 0 aliphatic carbocycles. The number of aliphatic carboxylic acids is 1. The summed E-state index contributed by atoms with van der Waals surface area (Å²) in [7, 11) is 5.89. The monoisotopic (exact) mass is 536 g/mol. The number of carbonyl (C=O) groups excluding carboxylic acids is 3. The van der Waals surface area contributed by atoms with E-state index >= 15 is 0 Å². The third kappa shape index (κ3) is 16.7. The second-order valence-electron chi connectivity index (χ2n) is 11.0. The fraction of sp³-hybridized carbons (Fsp3) is 0.833. The van der Waals surface area contributed by atoms with E-state index in [4.69, 9.17) is 9.47 Å². The Balaban J connectivity index is 4.26.